The molecule has 3 rings (SSSR count). The second-order valence-electron chi connectivity index (χ2n) is 6.54. The molecule has 1 aromatic heterocycles. The molecule has 126 valence electrons. The zero-order valence-electron chi connectivity index (χ0n) is 14.0. The second-order valence-corrected chi connectivity index (χ2v) is 6.54. The summed E-state index contributed by atoms with van der Waals surface area (Å²) in [5, 5.41) is 4.28. The molecule has 1 saturated carbocycles. The van der Waals surface area contributed by atoms with Gasteiger partial charge in [0.2, 0.25) is 0 Å². The number of carbonyl (C=O) groups excluding carboxylic acids is 1. The van der Waals surface area contributed by atoms with Crippen LogP contribution >= 0.6 is 0 Å². The first-order chi connectivity index (χ1) is 11.6. The highest BCUT2D eigenvalue weighted by molar-refractivity contribution is 5.91. The molecule has 0 N–H and O–H groups in total. The fraction of sp³-hybridized carbons (Fsp3) is 0.421. The first-order valence-electron chi connectivity index (χ1n) is 8.51. The second kappa shape index (κ2) is 7.43. The van der Waals surface area contributed by atoms with E-state index >= 15 is 0 Å². The van der Waals surface area contributed by atoms with Crippen molar-refractivity contribution in [3.8, 4) is 0 Å². The number of aromatic nitrogens is 2. The van der Waals surface area contributed by atoms with Crippen molar-refractivity contribution in [1.82, 2.24) is 14.7 Å². The standard InChI is InChI=1S/C19H23N3O2/c1-21(13-15-9-5-6-10-15)19(24)17-11-12-18(23)22(20-17)14-16-7-3-2-4-8-16/h2-4,7-8,11-12,15H,5-6,9-10,13-14H2,1H3. The molecule has 5 heteroatoms. The molecule has 0 atom stereocenters. The maximum atomic E-state index is 12.6. The number of hydrogen-bond donors (Lipinski definition) is 0. The highest BCUT2D eigenvalue weighted by Gasteiger charge is 2.21. The Morgan fingerprint density at radius 3 is 2.58 bits per heavy atom. The lowest BCUT2D eigenvalue weighted by Crippen LogP contribution is -2.34. The highest BCUT2D eigenvalue weighted by atomic mass is 16.2. The van der Waals surface area contributed by atoms with Crippen LogP contribution in [0.25, 0.3) is 0 Å². The highest BCUT2D eigenvalue weighted by Crippen LogP contribution is 2.25. The van der Waals surface area contributed by atoms with Crippen molar-refractivity contribution in [2.45, 2.75) is 32.2 Å². The van der Waals surface area contributed by atoms with Gasteiger partial charge in [0.05, 0.1) is 6.54 Å². The molecule has 0 saturated heterocycles. The summed E-state index contributed by atoms with van der Waals surface area (Å²) in [5.74, 6) is 0.470. The Morgan fingerprint density at radius 2 is 1.88 bits per heavy atom. The van der Waals surface area contributed by atoms with Crippen LogP contribution < -0.4 is 5.56 Å². The molecule has 0 bridgehead atoms. The lowest BCUT2D eigenvalue weighted by atomic mass is 10.1. The summed E-state index contributed by atoms with van der Waals surface area (Å²) in [5.41, 5.74) is 1.11. The number of amides is 1. The minimum Gasteiger partial charge on any atom is -0.340 e. The average molecular weight is 325 g/mol. The van der Waals surface area contributed by atoms with E-state index in [0.29, 0.717) is 18.2 Å². The SMILES string of the molecule is CN(CC1CCCC1)C(=O)c1ccc(=O)n(Cc2ccccc2)n1. The first kappa shape index (κ1) is 16.4. The van der Waals surface area contributed by atoms with Crippen molar-refractivity contribution in [2.24, 2.45) is 5.92 Å². The van der Waals surface area contributed by atoms with Crippen LogP contribution in [0.3, 0.4) is 0 Å². The van der Waals surface area contributed by atoms with Crippen molar-refractivity contribution in [3.63, 3.8) is 0 Å². The van der Waals surface area contributed by atoms with Gasteiger partial charge >= 0.3 is 0 Å². The van der Waals surface area contributed by atoms with Gasteiger partial charge < -0.3 is 4.90 Å². The minimum absolute atomic E-state index is 0.122. The summed E-state index contributed by atoms with van der Waals surface area (Å²) in [7, 11) is 1.81. The molecule has 1 aromatic carbocycles. The van der Waals surface area contributed by atoms with E-state index in [-0.39, 0.29) is 11.5 Å². The zero-order valence-corrected chi connectivity index (χ0v) is 14.0. The topological polar surface area (TPSA) is 55.2 Å². The van der Waals surface area contributed by atoms with E-state index < -0.39 is 0 Å². The van der Waals surface area contributed by atoms with Gasteiger partial charge in [0.25, 0.3) is 11.5 Å². The van der Waals surface area contributed by atoms with Gasteiger partial charge in [-0.05, 0) is 30.4 Å². The molecule has 1 aliphatic rings. The van der Waals surface area contributed by atoms with Gasteiger partial charge in [-0.1, -0.05) is 43.2 Å². The predicted octanol–water partition coefficient (Wildman–Crippen LogP) is 2.55. The third-order valence-corrected chi connectivity index (χ3v) is 4.61. The average Bonchev–Trinajstić information content (AvgIpc) is 3.10. The molecule has 5 nitrogen and oxygen atoms in total. The van der Waals surface area contributed by atoms with Gasteiger partial charge in [-0.15, -0.1) is 0 Å². The summed E-state index contributed by atoms with van der Waals surface area (Å²) < 4.78 is 1.35. The number of carbonyl (C=O) groups is 1. The van der Waals surface area contributed by atoms with Crippen molar-refractivity contribution >= 4 is 5.91 Å². The third-order valence-electron chi connectivity index (χ3n) is 4.61. The Balaban J connectivity index is 1.74. The zero-order chi connectivity index (χ0) is 16.9. The summed E-state index contributed by atoms with van der Waals surface area (Å²) in [6.45, 7) is 1.13. The molecule has 0 aliphatic heterocycles. The van der Waals surface area contributed by atoms with Crippen molar-refractivity contribution in [3.05, 3.63) is 64.1 Å². The van der Waals surface area contributed by atoms with Crippen LogP contribution in [0.2, 0.25) is 0 Å². The summed E-state index contributed by atoms with van der Waals surface area (Å²) in [4.78, 5) is 26.4. The molecule has 0 spiro atoms. The molecule has 1 heterocycles. The van der Waals surface area contributed by atoms with Crippen LogP contribution in [0.1, 0.15) is 41.7 Å². The van der Waals surface area contributed by atoms with Crippen LogP contribution in [0.5, 0.6) is 0 Å². The van der Waals surface area contributed by atoms with Crippen molar-refractivity contribution < 1.29 is 4.79 Å². The molecule has 1 amide bonds. The maximum Gasteiger partial charge on any atom is 0.274 e. The molecular formula is C19H23N3O2. The molecule has 24 heavy (non-hydrogen) atoms. The van der Waals surface area contributed by atoms with Gasteiger partial charge in [-0.3, -0.25) is 9.59 Å². The largest absolute Gasteiger partial charge is 0.340 e. The Kier molecular flexibility index (Phi) is 5.08. The van der Waals surface area contributed by atoms with Crippen LogP contribution in [-0.2, 0) is 6.54 Å². The van der Waals surface area contributed by atoms with Gasteiger partial charge in [-0.25, -0.2) is 4.68 Å². The van der Waals surface area contributed by atoms with Crippen LogP contribution in [0, 0.1) is 5.92 Å². The maximum absolute atomic E-state index is 12.6. The fourth-order valence-electron chi connectivity index (χ4n) is 3.29. The number of benzene rings is 1. The number of rotatable bonds is 5. The fourth-order valence-corrected chi connectivity index (χ4v) is 3.29. The van der Waals surface area contributed by atoms with E-state index in [2.05, 4.69) is 5.10 Å². The van der Waals surface area contributed by atoms with Crippen molar-refractivity contribution in [2.75, 3.05) is 13.6 Å². The van der Waals surface area contributed by atoms with Crippen LogP contribution in [0.15, 0.2) is 47.3 Å². The molecule has 1 aliphatic carbocycles. The molecule has 1 fully saturated rings. The van der Waals surface area contributed by atoms with E-state index in [4.69, 9.17) is 0 Å². The Morgan fingerprint density at radius 1 is 1.17 bits per heavy atom. The normalized spacial score (nSPS) is 14.7. The van der Waals surface area contributed by atoms with Gasteiger partial charge in [-0.2, -0.15) is 5.10 Å². The molecule has 0 radical (unpaired) electrons. The predicted molar refractivity (Wildman–Crippen MR) is 93.0 cm³/mol. The quantitative estimate of drug-likeness (QED) is 0.849. The number of hydrogen-bond acceptors (Lipinski definition) is 3. The number of nitrogens with zero attached hydrogens (tertiary/aromatic N) is 3. The Bertz CT molecular complexity index is 749. The molecule has 0 unspecified atom stereocenters. The molecular weight excluding hydrogens is 302 g/mol. The van der Waals surface area contributed by atoms with Gasteiger partial charge in [0.1, 0.15) is 5.69 Å². The lowest BCUT2D eigenvalue weighted by molar-refractivity contribution is 0.0764. The van der Waals surface area contributed by atoms with Crippen LogP contribution in [0.4, 0.5) is 0 Å². The van der Waals surface area contributed by atoms with Gasteiger partial charge in [0, 0.05) is 19.7 Å². The summed E-state index contributed by atoms with van der Waals surface area (Å²) >= 11 is 0. The van der Waals surface area contributed by atoms with E-state index in [0.717, 1.165) is 12.1 Å². The monoisotopic (exact) mass is 325 g/mol. The van der Waals surface area contributed by atoms with Gasteiger partial charge in [0.15, 0.2) is 0 Å². The summed E-state index contributed by atoms with van der Waals surface area (Å²) in [6.07, 6.45) is 4.90. The first-order valence-corrected chi connectivity index (χ1v) is 8.51. The van der Waals surface area contributed by atoms with E-state index in [1.165, 1.54) is 42.5 Å². The van der Waals surface area contributed by atoms with E-state index in [1.54, 1.807) is 4.90 Å². The lowest BCUT2D eigenvalue weighted by Gasteiger charge is -2.20. The van der Waals surface area contributed by atoms with Crippen LogP contribution in [-0.4, -0.2) is 34.2 Å². The molecule has 2 aromatic rings. The Hall–Kier alpha value is -2.43. The smallest absolute Gasteiger partial charge is 0.274 e. The summed E-state index contributed by atoms with van der Waals surface area (Å²) in [6, 6.07) is 12.6. The van der Waals surface area contributed by atoms with E-state index in [9.17, 15) is 9.59 Å². The van der Waals surface area contributed by atoms with Crippen molar-refractivity contribution in [1.29, 1.82) is 0 Å². The van der Waals surface area contributed by atoms with E-state index in [1.807, 2.05) is 37.4 Å². The third kappa shape index (κ3) is 3.91. The Labute approximate surface area is 141 Å². The minimum atomic E-state index is -0.200.